The first-order valence-electron chi connectivity index (χ1n) is 4.19. The van der Waals surface area contributed by atoms with E-state index in [0.29, 0.717) is 10.6 Å². The van der Waals surface area contributed by atoms with Gasteiger partial charge in [0.2, 0.25) is 0 Å². The van der Waals surface area contributed by atoms with Crippen molar-refractivity contribution < 1.29 is 8.78 Å². The molecule has 0 saturated carbocycles. The van der Waals surface area contributed by atoms with Gasteiger partial charge in [-0.1, -0.05) is 23.7 Å². The predicted octanol–water partition coefficient (Wildman–Crippen LogP) is 3.09. The van der Waals surface area contributed by atoms with Gasteiger partial charge in [-0.15, -0.1) is 0 Å². The molecule has 0 spiro atoms. The van der Waals surface area contributed by atoms with E-state index in [4.69, 9.17) is 17.3 Å². The highest BCUT2D eigenvalue weighted by Gasteiger charge is 2.32. The molecule has 14 heavy (non-hydrogen) atoms. The highest BCUT2D eigenvalue weighted by molar-refractivity contribution is 6.31. The summed E-state index contributed by atoms with van der Waals surface area (Å²) in [4.78, 5) is 0. The zero-order valence-electron chi connectivity index (χ0n) is 8.02. The van der Waals surface area contributed by atoms with E-state index in [9.17, 15) is 8.78 Å². The van der Waals surface area contributed by atoms with Crippen LogP contribution in [0.15, 0.2) is 18.2 Å². The van der Waals surface area contributed by atoms with Gasteiger partial charge in [0.15, 0.2) is 0 Å². The van der Waals surface area contributed by atoms with Gasteiger partial charge in [0.25, 0.3) is 6.43 Å². The monoisotopic (exact) mass is 219 g/mol. The first-order valence-corrected chi connectivity index (χ1v) is 4.57. The van der Waals surface area contributed by atoms with Gasteiger partial charge in [-0.05, 0) is 31.0 Å². The molecule has 4 heteroatoms. The highest BCUT2D eigenvalue weighted by atomic mass is 35.5. The molecule has 0 aromatic heterocycles. The SMILES string of the molecule is Cc1ccc(C(C)(N)C(F)F)cc1Cl. The highest BCUT2D eigenvalue weighted by Crippen LogP contribution is 2.28. The molecule has 0 fully saturated rings. The third-order valence-corrected chi connectivity index (χ3v) is 2.65. The van der Waals surface area contributed by atoms with E-state index in [1.807, 2.05) is 6.92 Å². The number of hydrogen-bond acceptors (Lipinski definition) is 1. The van der Waals surface area contributed by atoms with Crippen LogP contribution in [-0.2, 0) is 5.54 Å². The standard InChI is InChI=1S/C10H12ClF2N/c1-6-3-4-7(5-8(6)11)10(2,14)9(12)13/h3-5,9H,14H2,1-2H3. The Hall–Kier alpha value is -0.670. The maximum Gasteiger partial charge on any atom is 0.260 e. The molecule has 78 valence electrons. The minimum atomic E-state index is -2.61. The van der Waals surface area contributed by atoms with Crippen molar-refractivity contribution in [3.8, 4) is 0 Å². The molecule has 1 aromatic rings. The molecular weight excluding hydrogens is 208 g/mol. The van der Waals surface area contributed by atoms with Crippen LogP contribution in [0.25, 0.3) is 0 Å². The summed E-state index contributed by atoms with van der Waals surface area (Å²) in [7, 11) is 0. The van der Waals surface area contributed by atoms with Crippen molar-refractivity contribution in [2.75, 3.05) is 0 Å². The average molecular weight is 220 g/mol. The van der Waals surface area contributed by atoms with Crippen molar-refractivity contribution in [2.45, 2.75) is 25.8 Å². The molecule has 0 radical (unpaired) electrons. The van der Waals surface area contributed by atoms with E-state index in [1.54, 1.807) is 12.1 Å². The van der Waals surface area contributed by atoms with Crippen LogP contribution in [0.1, 0.15) is 18.1 Å². The molecule has 0 aliphatic heterocycles. The van der Waals surface area contributed by atoms with E-state index < -0.39 is 12.0 Å². The second-order valence-corrected chi connectivity index (χ2v) is 3.95. The van der Waals surface area contributed by atoms with Gasteiger partial charge in [0.1, 0.15) is 0 Å². The van der Waals surface area contributed by atoms with Crippen molar-refractivity contribution in [3.05, 3.63) is 34.3 Å². The fourth-order valence-corrected chi connectivity index (χ4v) is 1.23. The maximum absolute atomic E-state index is 12.6. The fraction of sp³-hybridized carbons (Fsp3) is 0.400. The van der Waals surface area contributed by atoms with Crippen LogP contribution in [0.4, 0.5) is 8.78 Å². The number of aryl methyl sites for hydroxylation is 1. The molecule has 0 heterocycles. The molecule has 1 nitrogen and oxygen atoms in total. The third-order valence-electron chi connectivity index (χ3n) is 2.25. The topological polar surface area (TPSA) is 26.0 Å². The molecule has 1 rings (SSSR count). The zero-order valence-corrected chi connectivity index (χ0v) is 8.78. The van der Waals surface area contributed by atoms with Gasteiger partial charge in [-0.2, -0.15) is 0 Å². The molecule has 1 unspecified atom stereocenters. The number of rotatable bonds is 2. The predicted molar refractivity (Wildman–Crippen MR) is 53.7 cm³/mol. The molecular formula is C10H12ClF2N. The Balaban J connectivity index is 3.14. The first kappa shape index (κ1) is 11.4. The van der Waals surface area contributed by atoms with Crippen LogP contribution in [0.5, 0.6) is 0 Å². The number of benzene rings is 1. The second-order valence-electron chi connectivity index (χ2n) is 3.55. The van der Waals surface area contributed by atoms with Gasteiger partial charge < -0.3 is 5.73 Å². The molecule has 0 amide bonds. The Morgan fingerprint density at radius 1 is 1.43 bits per heavy atom. The summed E-state index contributed by atoms with van der Waals surface area (Å²) >= 11 is 5.82. The van der Waals surface area contributed by atoms with Crippen LogP contribution < -0.4 is 5.73 Å². The van der Waals surface area contributed by atoms with Gasteiger partial charge in [0.05, 0.1) is 5.54 Å². The molecule has 0 aliphatic rings. The Labute approximate surface area is 86.9 Å². The van der Waals surface area contributed by atoms with Crippen LogP contribution >= 0.6 is 11.6 Å². The normalized spacial score (nSPS) is 15.6. The lowest BCUT2D eigenvalue weighted by molar-refractivity contribution is 0.0625. The lowest BCUT2D eigenvalue weighted by Gasteiger charge is -2.24. The number of hydrogen-bond donors (Lipinski definition) is 1. The van der Waals surface area contributed by atoms with Gasteiger partial charge >= 0.3 is 0 Å². The van der Waals surface area contributed by atoms with Crippen molar-refractivity contribution in [1.29, 1.82) is 0 Å². The second kappa shape index (κ2) is 3.83. The van der Waals surface area contributed by atoms with Crippen molar-refractivity contribution in [1.82, 2.24) is 0 Å². The van der Waals surface area contributed by atoms with Crippen LogP contribution in [0.3, 0.4) is 0 Å². The van der Waals surface area contributed by atoms with Crippen LogP contribution in [-0.4, -0.2) is 6.43 Å². The lowest BCUT2D eigenvalue weighted by Crippen LogP contribution is -2.40. The van der Waals surface area contributed by atoms with Crippen molar-refractivity contribution in [2.24, 2.45) is 5.73 Å². The molecule has 2 N–H and O–H groups in total. The number of alkyl halides is 2. The molecule has 0 saturated heterocycles. The van der Waals surface area contributed by atoms with E-state index in [2.05, 4.69) is 0 Å². The van der Waals surface area contributed by atoms with E-state index >= 15 is 0 Å². The third kappa shape index (κ3) is 2.04. The van der Waals surface area contributed by atoms with Crippen LogP contribution in [0.2, 0.25) is 5.02 Å². The summed E-state index contributed by atoms with van der Waals surface area (Å²) in [6.07, 6.45) is -2.61. The van der Waals surface area contributed by atoms with Crippen molar-refractivity contribution >= 4 is 11.6 Å². The van der Waals surface area contributed by atoms with Gasteiger partial charge in [-0.3, -0.25) is 0 Å². The smallest absolute Gasteiger partial charge is 0.260 e. The summed E-state index contributed by atoms with van der Waals surface area (Å²) in [5.74, 6) is 0. The van der Waals surface area contributed by atoms with E-state index in [0.717, 1.165) is 5.56 Å². The first-order chi connectivity index (χ1) is 6.35. The van der Waals surface area contributed by atoms with Crippen LogP contribution in [0, 0.1) is 6.92 Å². The summed E-state index contributed by atoms with van der Waals surface area (Å²) in [6, 6.07) is 4.75. The Morgan fingerprint density at radius 3 is 2.43 bits per heavy atom. The minimum Gasteiger partial charge on any atom is -0.317 e. The molecule has 0 aliphatic carbocycles. The minimum absolute atomic E-state index is 0.350. The fourth-order valence-electron chi connectivity index (χ4n) is 1.05. The molecule has 1 atom stereocenters. The maximum atomic E-state index is 12.6. The zero-order chi connectivity index (χ0) is 10.9. The average Bonchev–Trinajstić information content (AvgIpc) is 2.09. The summed E-state index contributed by atoms with van der Waals surface area (Å²) in [6.45, 7) is 3.10. The van der Waals surface area contributed by atoms with Crippen molar-refractivity contribution in [3.63, 3.8) is 0 Å². The summed E-state index contributed by atoms with van der Waals surface area (Å²) < 4.78 is 25.1. The van der Waals surface area contributed by atoms with Gasteiger partial charge in [0, 0.05) is 5.02 Å². The summed E-state index contributed by atoms with van der Waals surface area (Å²) in [5, 5.41) is 0.458. The number of halogens is 3. The molecule has 1 aromatic carbocycles. The Kier molecular flexibility index (Phi) is 3.12. The van der Waals surface area contributed by atoms with E-state index in [-0.39, 0.29) is 0 Å². The molecule has 0 bridgehead atoms. The Bertz CT molecular complexity index is 337. The van der Waals surface area contributed by atoms with Gasteiger partial charge in [-0.25, -0.2) is 8.78 Å². The number of nitrogens with two attached hydrogens (primary N) is 1. The summed E-state index contributed by atoms with van der Waals surface area (Å²) in [5.41, 5.74) is 5.05. The Morgan fingerprint density at radius 2 is 2.00 bits per heavy atom. The quantitative estimate of drug-likeness (QED) is 0.813. The lowest BCUT2D eigenvalue weighted by atomic mass is 9.93. The largest absolute Gasteiger partial charge is 0.317 e. The van der Waals surface area contributed by atoms with E-state index in [1.165, 1.54) is 13.0 Å².